The van der Waals surface area contributed by atoms with Crippen LogP contribution in [0, 0.1) is 11.3 Å². The fourth-order valence-corrected chi connectivity index (χ4v) is 2.81. The van der Waals surface area contributed by atoms with Gasteiger partial charge >= 0.3 is 0 Å². The summed E-state index contributed by atoms with van der Waals surface area (Å²) in [6.07, 6.45) is 2.03. The van der Waals surface area contributed by atoms with E-state index in [1.165, 1.54) is 7.11 Å². The van der Waals surface area contributed by atoms with Gasteiger partial charge in [0.05, 0.1) is 25.9 Å². The molecule has 0 bridgehead atoms. The summed E-state index contributed by atoms with van der Waals surface area (Å²) in [5.41, 5.74) is 1.52. The maximum atomic E-state index is 12.7. The van der Waals surface area contributed by atoms with Crippen molar-refractivity contribution in [2.75, 3.05) is 20.8 Å². The highest BCUT2D eigenvalue weighted by molar-refractivity contribution is 5.78. The Morgan fingerprint density at radius 3 is 2.44 bits per heavy atom. The predicted octanol–water partition coefficient (Wildman–Crippen LogP) is 3.15. The fourth-order valence-electron chi connectivity index (χ4n) is 2.81. The Balaban J connectivity index is 1.65. The van der Waals surface area contributed by atoms with Crippen LogP contribution < -0.4 is 14.2 Å². The van der Waals surface area contributed by atoms with Crippen LogP contribution in [0.3, 0.4) is 0 Å². The monoisotopic (exact) mass is 366 g/mol. The van der Waals surface area contributed by atoms with Crippen LogP contribution >= 0.6 is 0 Å². The molecule has 0 aliphatic heterocycles. The first-order valence-corrected chi connectivity index (χ1v) is 8.78. The number of nitriles is 1. The van der Waals surface area contributed by atoms with E-state index in [9.17, 15) is 4.79 Å². The third kappa shape index (κ3) is 4.70. The molecule has 27 heavy (non-hydrogen) atoms. The van der Waals surface area contributed by atoms with Gasteiger partial charge in [0.15, 0.2) is 18.1 Å². The van der Waals surface area contributed by atoms with E-state index in [0.717, 1.165) is 24.2 Å². The number of hydrogen-bond acceptors (Lipinski definition) is 5. The van der Waals surface area contributed by atoms with E-state index >= 15 is 0 Å². The van der Waals surface area contributed by atoms with Crippen LogP contribution in [0.2, 0.25) is 0 Å². The normalized spacial score (nSPS) is 12.8. The highest BCUT2D eigenvalue weighted by Crippen LogP contribution is 2.30. The lowest BCUT2D eigenvalue weighted by atomic mass is 10.2. The second kappa shape index (κ2) is 8.45. The molecule has 0 heterocycles. The third-order valence-corrected chi connectivity index (χ3v) is 4.46. The molecular formula is C21H22N2O4. The van der Waals surface area contributed by atoms with Crippen molar-refractivity contribution in [2.45, 2.75) is 25.4 Å². The predicted molar refractivity (Wildman–Crippen MR) is 99.8 cm³/mol. The summed E-state index contributed by atoms with van der Waals surface area (Å²) < 4.78 is 16.1. The van der Waals surface area contributed by atoms with Gasteiger partial charge in [-0.3, -0.25) is 4.79 Å². The number of benzene rings is 2. The molecule has 2 aromatic rings. The van der Waals surface area contributed by atoms with Gasteiger partial charge in [0, 0.05) is 18.7 Å². The molecule has 0 radical (unpaired) electrons. The SMILES string of the molecule is COc1ccc(CN(C(=O)COc2ccc(C#N)cc2OC)C2CC2)cc1. The van der Waals surface area contributed by atoms with Gasteiger partial charge in [-0.15, -0.1) is 0 Å². The molecule has 1 saturated carbocycles. The van der Waals surface area contributed by atoms with E-state index in [1.807, 2.05) is 29.2 Å². The lowest BCUT2D eigenvalue weighted by Crippen LogP contribution is -2.36. The minimum atomic E-state index is -0.0745. The molecule has 1 aliphatic carbocycles. The highest BCUT2D eigenvalue weighted by atomic mass is 16.5. The van der Waals surface area contributed by atoms with E-state index in [2.05, 4.69) is 6.07 Å². The van der Waals surface area contributed by atoms with E-state index in [1.54, 1.807) is 25.3 Å². The molecule has 1 fully saturated rings. The second-order valence-corrected chi connectivity index (χ2v) is 6.37. The molecule has 0 atom stereocenters. The average molecular weight is 366 g/mol. The maximum absolute atomic E-state index is 12.7. The van der Waals surface area contributed by atoms with Crippen LogP contribution in [0.5, 0.6) is 17.2 Å². The molecule has 1 amide bonds. The summed E-state index contributed by atoms with van der Waals surface area (Å²) >= 11 is 0. The number of rotatable bonds is 8. The Morgan fingerprint density at radius 2 is 1.85 bits per heavy atom. The van der Waals surface area contributed by atoms with Crippen molar-refractivity contribution >= 4 is 5.91 Å². The molecular weight excluding hydrogens is 344 g/mol. The Hall–Kier alpha value is -3.20. The van der Waals surface area contributed by atoms with E-state index in [-0.39, 0.29) is 18.6 Å². The van der Waals surface area contributed by atoms with Crippen molar-refractivity contribution in [2.24, 2.45) is 0 Å². The number of amides is 1. The van der Waals surface area contributed by atoms with Crippen LogP contribution in [0.4, 0.5) is 0 Å². The molecule has 6 nitrogen and oxygen atoms in total. The maximum Gasteiger partial charge on any atom is 0.261 e. The van der Waals surface area contributed by atoms with Gasteiger partial charge in [0.2, 0.25) is 0 Å². The van der Waals surface area contributed by atoms with E-state index in [4.69, 9.17) is 19.5 Å². The molecule has 0 spiro atoms. The zero-order valence-corrected chi connectivity index (χ0v) is 15.5. The second-order valence-electron chi connectivity index (χ2n) is 6.37. The quantitative estimate of drug-likeness (QED) is 0.718. The number of hydrogen-bond donors (Lipinski definition) is 0. The summed E-state index contributed by atoms with van der Waals surface area (Å²) in [4.78, 5) is 14.6. The number of nitrogens with zero attached hydrogens (tertiary/aromatic N) is 2. The third-order valence-electron chi connectivity index (χ3n) is 4.46. The largest absolute Gasteiger partial charge is 0.497 e. The minimum absolute atomic E-state index is 0.0697. The van der Waals surface area contributed by atoms with Gasteiger partial charge < -0.3 is 19.1 Å². The van der Waals surface area contributed by atoms with Crippen molar-refractivity contribution in [1.29, 1.82) is 5.26 Å². The van der Waals surface area contributed by atoms with Gasteiger partial charge in [-0.05, 0) is 42.7 Å². The first-order valence-electron chi connectivity index (χ1n) is 8.78. The minimum Gasteiger partial charge on any atom is -0.497 e. The standard InChI is InChI=1S/C21H22N2O4/c1-25-18-8-3-15(4-9-18)13-23(17-6-7-17)21(24)14-27-19-10-5-16(12-22)11-20(19)26-2/h3-5,8-11,17H,6-7,13-14H2,1-2H3. The van der Waals surface area contributed by atoms with Crippen LogP contribution in [0.15, 0.2) is 42.5 Å². The summed E-state index contributed by atoms with van der Waals surface area (Å²) in [5, 5.41) is 8.97. The first-order chi connectivity index (χ1) is 13.1. The van der Waals surface area contributed by atoms with Gasteiger partial charge in [-0.1, -0.05) is 12.1 Å². The van der Waals surface area contributed by atoms with Crippen molar-refractivity contribution < 1.29 is 19.0 Å². The molecule has 0 unspecified atom stereocenters. The average Bonchev–Trinajstić information content (AvgIpc) is 3.55. The molecule has 0 N–H and O–H groups in total. The zero-order chi connectivity index (χ0) is 19.2. The van der Waals surface area contributed by atoms with Gasteiger partial charge in [0.25, 0.3) is 5.91 Å². The first kappa shape index (κ1) is 18.6. The van der Waals surface area contributed by atoms with Crippen molar-refractivity contribution in [1.82, 2.24) is 4.90 Å². The molecule has 2 aromatic carbocycles. The lowest BCUT2D eigenvalue weighted by molar-refractivity contribution is -0.134. The van der Waals surface area contributed by atoms with Crippen molar-refractivity contribution in [3.8, 4) is 23.3 Å². The topological polar surface area (TPSA) is 71.8 Å². The molecule has 6 heteroatoms. The van der Waals surface area contributed by atoms with Gasteiger partial charge in [-0.25, -0.2) is 0 Å². The van der Waals surface area contributed by atoms with Crippen molar-refractivity contribution in [3.05, 3.63) is 53.6 Å². The van der Waals surface area contributed by atoms with Crippen LogP contribution in [0.1, 0.15) is 24.0 Å². The number of carbonyl (C=O) groups excluding carboxylic acids is 1. The Labute approximate surface area is 158 Å². The van der Waals surface area contributed by atoms with Crippen molar-refractivity contribution in [3.63, 3.8) is 0 Å². The van der Waals surface area contributed by atoms with E-state index in [0.29, 0.717) is 23.6 Å². The van der Waals surface area contributed by atoms with E-state index < -0.39 is 0 Å². The number of methoxy groups -OCH3 is 2. The number of ether oxygens (including phenoxy) is 3. The Bertz CT molecular complexity index is 838. The summed E-state index contributed by atoms with van der Waals surface area (Å²) in [6.45, 7) is 0.469. The Kier molecular flexibility index (Phi) is 5.82. The summed E-state index contributed by atoms with van der Waals surface area (Å²) in [5.74, 6) is 1.61. The van der Waals surface area contributed by atoms with Gasteiger partial charge in [-0.2, -0.15) is 5.26 Å². The van der Waals surface area contributed by atoms with Crippen LogP contribution in [0.25, 0.3) is 0 Å². The smallest absolute Gasteiger partial charge is 0.261 e. The molecule has 0 aromatic heterocycles. The molecule has 0 saturated heterocycles. The molecule has 1 aliphatic rings. The Morgan fingerprint density at radius 1 is 1.11 bits per heavy atom. The fraction of sp³-hybridized carbons (Fsp3) is 0.333. The highest BCUT2D eigenvalue weighted by Gasteiger charge is 2.32. The molecule has 140 valence electrons. The van der Waals surface area contributed by atoms with Crippen LogP contribution in [-0.4, -0.2) is 37.7 Å². The lowest BCUT2D eigenvalue weighted by Gasteiger charge is -2.23. The number of carbonyl (C=O) groups is 1. The molecule has 3 rings (SSSR count). The zero-order valence-electron chi connectivity index (χ0n) is 15.5. The summed E-state index contributed by atoms with van der Waals surface area (Å²) in [7, 11) is 3.13. The van der Waals surface area contributed by atoms with Crippen LogP contribution in [-0.2, 0) is 11.3 Å². The summed E-state index contributed by atoms with van der Waals surface area (Å²) in [6, 6.07) is 14.9. The van der Waals surface area contributed by atoms with Gasteiger partial charge in [0.1, 0.15) is 5.75 Å².